The van der Waals surface area contributed by atoms with Crippen LogP contribution in [-0.4, -0.2) is 10.9 Å². The summed E-state index contributed by atoms with van der Waals surface area (Å²) in [6.07, 6.45) is 1.70. The summed E-state index contributed by atoms with van der Waals surface area (Å²) in [4.78, 5) is 16.1. The molecule has 18 heavy (non-hydrogen) atoms. The molecule has 1 aromatic carbocycles. The first-order valence-electron chi connectivity index (χ1n) is 5.35. The Morgan fingerprint density at radius 2 is 2.11 bits per heavy atom. The molecule has 0 saturated carbocycles. The van der Waals surface area contributed by atoms with Crippen molar-refractivity contribution < 1.29 is 4.79 Å². The molecule has 92 valence electrons. The topological polar surface area (TPSA) is 68.0 Å². The van der Waals surface area contributed by atoms with Gasteiger partial charge in [-0.05, 0) is 52.7 Å². The fraction of sp³-hybridized carbons (Fsp3) is 0.0769. The van der Waals surface area contributed by atoms with E-state index >= 15 is 0 Å². The maximum Gasteiger partial charge on any atom is 0.256 e. The van der Waals surface area contributed by atoms with E-state index in [0.29, 0.717) is 17.1 Å². The molecule has 1 aromatic heterocycles. The van der Waals surface area contributed by atoms with Crippen LogP contribution in [0.2, 0.25) is 0 Å². The van der Waals surface area contributed by atoms with Crippen molar-refractivity contribution in [3.05, 3.63) is 52.1 Å². The molecule has 2 aromatic rings. The summed E-state index contributed by atoms with van der Waals surface area (Å²) in [5.41, 5.74) is 7.80. The highest BCUT2D eigenvalue weighted by molar-refractivity contribution is 9.10. The average Bonchev–Trinajstić information content (AvgIpc) is 2.35. The lowest BCUT2D eigenvalue weighted by Gasteiger charge is -2.06. The third-order valence-corrected chi connectivity index (χ3v) is 3.13. The summed E-state index contributed by atoms with van der Waals surface area (Å²) < 4.78 is 0.771. The van der Waals surface area contributed by atoms with Gasteiger partial charge in [0.15, 0.2) is 0 Å². The van der Waals surface area contributed by atoms with Gasteiger partial charge in [-0.3, -0.25) is 4.79 Å². The van der Waals surface area contributed by atoms with E-state index in [4.69, 9.17) is 5.73 Å². The highest BCUT2D eigenvalue weighted by atomic mass is 79.9. The third-order valence-electron chi connectivity index (χ3n) is 2.41. The molecule has 0 radical (unpaired) electrons. The fourth-order valence-electron chi connectivity index (χ4n) is 1.42. The predicted octanol–water partition coefficient (Wildman–Crippen LogP) is 2.99. The Morgan fingerprint density at radius 1 is 1.33 bits per heavy atom. The van der Waals surface area contributed by atoms with Crippen LogP contribution in [-0.2, 0) is 0 Å². The second-order valence-electron chi connectivity index (χ2n) is 3.91. The summed E-state index contributed by atoms with van der Waals surface area (Å²) in [5, 5.41) is 2.71. The summed E-state index contributed by atoms with van der Waals surface area (Å²) in [7, 11) is 0. The van der Waals surface area contributed by atoms with Gasteiger partial charge in [0.2, 0.25) is 0 Å². The number of carbonyl (C=O) groups is 1. The van der Waals surface area contributed by atoms with Crippen molar-refractivity contribution in [1.82, 2.24) is 4.98 Å². The number of hydrogen-bond acceptors (Lipinski definition) is 3. The number of nitrogen functional groups attached to an aromatic ring is 1. The van der Waals surface area contributed by atoms with Crippen LogP contribution in [0.15, 0.2) is 41.0 Å². The number of rotatable bonds is 2. The molecule has 0 atom stereocenters. The molecule has 3 N–H and O–H groups in total. The number of amides is 1. The van der Waals surface area contributed by atoms with Gasteiger partial charge in [0, 0.05) is 21.9 Å². The van der Waals surface area contributed by atoms with E-state index < -0.39 is 0 Å². The van der Waals surface area contributed by atoms with Crippen molar-refractivity contribution in [2.24, 2.45) is 0 Å². The van der Waals surface area contributed by atoms with Gasteiger partial charge in [-0.25, -0.2) is 4.98 Å². The molecule has 0 spiro atoms. The Kier molecular flexibility index (Phi) is 3.62. The molecule has 0 fully saturated rings. The molecule has 5 heteroatoms. The standard InChI is InChI=1S/C13H12BrN3O/c1-8-2-5-12(16-7-8)17-13(18)9-3-4-10(14)11(15)6-9/h2-7H,15H2,1H3,(H,16,17,18). The maximum atomic E-state index is 11.9. The first kappa shape index (κ1) is 12.6. The number of aryl methyl sites for hydroxylation is 1. The van der Waals surface area contributed by atoms with Crippen LogP contribution in [0.5, 0.6) is 0 Å². The van der Waals surface area contributed by atoms with Crippen LogP contribution in [0.4, 0.5) is 11.5 Å². The number of anilines is 2. The molecule has 0 aliphatic carbocycles. The summed E-state index contributed by atoms with van der Waals surface area (Å²) in [5.74, 6) is 0.289. The summed E-state index contributed by atoms with van der Waals surface area (Å²) >= 11 is 3.28. The van der Waals surface area contributed by atoms with Crippen LogP contribution in [0, 0.1) is 6.92 Å². The van der Waals surface area contributed by atoms with Crippen LogP contribution in [0.25, 0.3) is 0 Å². The molecule has 4 nitrogen and oxygen atoms in total. The van der Waals surface area contributed by atoms with Crippen LogP contribution < -0.4 is 11.1 Å². The Morgan fingerprint density at radius 3 is 2.72 bits per heavy atom. The van der Waals surface area contributed by atoms with E-state index in [9.17, 15) is 4.79 Å². The highest BCUT2D eigenvalue weighted by Crippen LogP contribution is 2.20. The molecule has 0 saturated heterocycles. The maximum absolute atomic E-state index is 11.9. The number of nitrogens with one attached hydrogen (secondary N) is 1. The van der Waals surface area contributed by atoms with Crippen LogP contribution >= 0.6 is 15.9 Å². The van der Waals surface area contributed by atoms with Gasteiger partial charge in [0.05, 0.1) is 0 Å². The minimum absolute atomic E-state index is 0.231. The zero-order valence-corrected chi connectivity index (χ0v) is 11.4. The van der Waals surface area contributed by atoms with Gasteiger partial charge in [-0.1, -0.05) is 6.07 Å². The number of benzene rings is 1. The van der Waals surface area contributed by atoms with Gasteiger partial charge in [0.1, 0.15) is 5.82 Å². The molecular weight excluding hydrogens is 294 g/mol. The lowest BCUT2D eigenvalue weighted by Crippen LogP contribution is -2.13. The van der Waals surface area contributed by atoms with Crippen molar-refractivity contribution in [2.45, 2.75) is 6.92 Å². The first-order valence-corrected chi connectivity index (χ1v) is 6.14. The highest BCUT2D eigenvalue weighted by Gasteiger charge is 2.08. The Hall–Kier alpha value is -1.88. The quantitative estimate of drug-likeness (QED) is 0.838. The molecule has 0 aliphatic heterocycles. The molecule has 0 bridgehead atoms. The zero-order chi connectivity index (χ0) is 13.1. The van der Waals surface area contributed by atoms with Crippen molar-refractivity contribution in [1.29, 1.82) is 0 Å². The number of halogens is 1. The Balaban J connectivity index is 2.16. The molecule has 2 rings (SSSR count). The van der Waals surface area contributed by atoms with Crippen molar-refractivity contribution >= 4 is 33.3 Å². The van der Waals surface area contributed by atoms with E-state index in [2.05, 4.69) is 26.2 Å². The minimum Gasteiger partial charge on any atom is -0.398 e. The minimum atomic E-state index is -0.231. The largest absolute Gasteiger partial charge is 0.398 e. The van der Waals surface area contributed by atoms with Gasteiger partial charge in [-0.15, -0.1) is 0 Å². The molecule has 0 unspecified atom stereocenters. The zero-order valence-electron chi connectivity index (χ0n) is 9.77. The molecule has 0 aliphatic rings. The fourth-order valence-corrected chi connectivity index (χ4v) is 1.66. The van der Waals surface area contributed by atoms with E-state index in [1.165, 1.54) is 0 Å². The number of hydrogen-bond donors (Lipinski definition) is 2. The smallest absolute Gasteiger partial charge is 0.256 e. The van der Waals surface area contributed by atoms with Gasteiger partial charge in [-0.2, -0.15) is 0 Å². The van der Waals surface area contributed by atoms with E-state index in [-0.39, 0.29) is 5.91 Å². The van der Waals surface area contributed by atoms with E-state index in [0.717, 1.165) is 10.0 Å². The summed E-state index contributed by atoms with van der Waals surface area (Å²) in [6.45, 7) is 1.94. The normalized spacial score (nSPS) is 10.1. The number of aromatic nitrogens is 1. The number of pyridine rings is 1. The van der Waals surface area contributed by atoms with Crippen LogP contribution in [0.1, 0.15) is 15.9 Å². The third kappa shape index (κ3) is 2.87. The Bertz CT molecular complexity index is 581. The van der Waals surface area contributed by atoms with Gasteiger partial charge >= 0.3 is 0 Å². The molecular formula is C13H12BrN3O. The Labute approximate surface area is 113 Å². The number of nitrogens with two attached hydrogens (primary N) is 1. The van der Waals surface area contributed by atoms with Gasteiger partial charge < -0.3 is 11.1 Å². The average molecular weight is 306 g/mol. The van der Waals surface area contributed by atoms with Crippen LogP contribution in [0.3, 0.4) is 0 Å². The number of carbonyl (C=O) groups excluding carboxylic acids is 1. The van der Waals surface area contributed by atoms with Crippen molar-refractivity contribution in [3.63, 3.8) is 0 Å². The lowest BCUT2D eigenvalue weighted by atomic mass is 10.2. The molecule has 1 heterocycles. The van der Waals surface area contributed by atoms with Crippen molar-refractivity contribution in [2.75, 3.05) is 11.1 Å². The lowest BCUT2D eigenvalue weighted by molar-refractivity contribution is 0.102. The number of nitrogens with zero attached hydrogens (tertiary/aromatic N) is 1. The van der Waals surface area contributed by atoms with Crippen molar-refractivity contribution in [3.8, 4) is 0 Å². The second-order valence-corrected chi connectivity index (χ2v) is 4.77. The summed E-state index contributed by atoms with van der Waals surface area (Å²) in [6, 6.07) is 8.71. The second kappa shape index (κ2) is 5.18. The van der Waals surface area contributed by atoms with E-state index in [1.807, 2.05) is 13.0 Å². The monoisotopic (exact) mass is 305 g/mol. The van der Waals surface area contributed by atoms with Gasteiger partial charge in [0.25, 0.3) is 5.91 Å². The SMILES string of the molecule is Cc1ccc(NC(=O)c2ccc(Br)c(N)c2)nc1. The van der Waals surface area contributed by atoms with E-state index in [1.54, 1.807) is 30.5 Å². The first-order chi connectivity index (χ1) is 8.56. The predicted molar refractivity (Wildman–Crippen MR) is 75.5 cm³/mol. The molecule has 1 amide bonds.